The molecule has 4 aliphatic heterocycles. The Kier molecular flexibility index (Phi) is 15.2. The molecule has 0 aromatic heterocycles. The predicted molar refractivity (Wildman–Crippen MR) is 157 cm³/mol. The molecule has 0 unspecified atom stereocenters. The van der Waals surface area contributed by atoms with Gasteiger partial charge in [0.2, 0.25) is 0 Å². The third-order valence-corrected chi connectivity index (χ3v) is 9.14. The van der Waals surface area contributed by atoms with Crippen LogP contribution in [0, 0.1) is 0 Å². The molecule has 0 bridgehead atoms. The first-order valence-electron chi connectivity index (χ1n) is 13.6. The van der Waals surface area contributed by atoms with E-state index < -0.39 is 31.8 Å². The van der Waals surface area contributed by atoms with Gasteiger partial charge in [-0.15, -0.1) is 0 Å². The Morgan fingerprint density at radius 2 is 0.977 bits per heavy atom. The van der Waals surface area contributed by atoms with Crippen LogP contribution in [0.4, 0.5) is 0 Å². The van der Waals surface area contributed by atoms with Crippen molar-refractivity contribution in [3.8, 4) is 0 Å². The molecule has 17 heteroatoms. The number of hydrogen-bond acceptors (Lipinski definition) is 12. The van der Waals surface area contributed by atoms with Crippen molar-refractivity contribution in [2.75, 3.05) is 78.5 Å². The van der Waals surface area contributed by atoms with Gasteiger partial charge in [0.05, 0.1) is 9.79 Å². The number of rotatable bonds is 4. The number of nitrogens with zero attached hydrogens (tertiary/aromatic N) is 4. The molecular weight excluding hydrogens is 643 g/mol. The summed E-state index contributed by atoms with van der Waals surface area (Å²) in [6.45, 7) is 12.9. The van der Waals surface area contributed by atoms with Crippen molar-refractivity contribution in [1.82, 2.24) is 20.4 Å². The topological polar surface area (TPSA) is 222 Å². The van der Waals surface area contributed by atoms with Gasteiger partial charge in [0.15, 0.2) is 0 Å². The molecule has 2 aromatic carbocycles. The molecule has 0 spiro atoms. The van der Waals surface area contributed by atoms with E-state index in [1.165, 1.54) is 24.3 Å². The number of hydrogen-bond donors (Lipinski definition) is 4. The fraction of sp³-hybridized carbons (Fsp3) is 0.462. The van der Waals surface area contributed by atoms with Crippen LogP contribution < -0.4 is 32.3 Å². The van der Waals surface area contributed by atoms with E-state index in [-0.39, 0.29) is 37.7 Å². The van der Waals surface area contributed by atoms with Gasteiger partial charge in [-0.05, 0) is 12.1 Å². The summed E-state index contributed by atoms with van der Waals surface area (Å²) in [5, 5.41) is 28.5. The molecule has 0 saturated carbocycles. The number of nitrogens with two attached hydrogens (primary N) is 2. The summed E-state index contributed by atoms with van der Waals surface area (Å²) in [4.78, 5) is 4.79. The fourth-order valence-electron chi connectivity index (χ4n) is 4.39. The first kappa shape index (κ1) is 36.7. The molecule has 2 fully saturated rings. The van der Waals surface area contributed by atoms with Gasteiger partial charge < -0.3 is 32.3 Å². The predicted octanol–water partition coefficient (Wildman–Crippen LogP) is -3.31. The molecule has 14 nitrogen and oxygen atoms in total. The smallest absolute Gasteiger partial charge is 0.858 e. The first-order valence-corrected chi connectivity index (χ1v) is 16.5. The Bertz CT molecular complexity index is 1330. The maximum atomic E-state index is 11.1. The Labute approximate surface area is 263 Å². The summed E-state index contributed by atoms with van der Waals surface area (Å²) in [6, 6.07) is 12.0. The van der Waals surface area contributed by atoms with E-state index in [2.05, 4.69) is 29.2 Å². The summed E-state index contributed by atoms with van der Waals surface area (Å²) in [7, 11) is -7.36. The minimum atomic E-state index is -3.68. The van der Waals surface area contributed by atoms with E-state index in [9.17, 15) is 27.0 Å². The molecule has 0 amide bonds. The third-order valence-electron chi connectivity index (χ3n) is 6.51. The number of sulfonamides is 2. The average molecular weight is 682 g/mol. The van der Waals surface area contributed by atoms with Gasteiger partial charge in [-0.1, -0.05) is 36.4 Å². The Morgan fingerprint density at radius 3 is 1.28 bits per heavy atom. The van der Waals surface area contributed by atoms with Crippen molar-refractivity contribution < 1.29 is 43.8 Å². The number of benzene rings is 2. The third kappa shape index (κ3) is 10.9. The van der Waals surface area contributed by atoms with Crippen molar-refractivity contribution in [2.24, 2.45) is 20.3 Å². The molecule has 6 N–H and O–H groups in total. The largest absolute Gasteiger partial charge is 2.00 e. The normalized spacial score (nSPS) is 19.7. The van der Waals surface area contributed by atoms with Crippen LogP contribution in [-0.2, 0) is 36.8 Å². The van der Waals surface area contributed by atoms with Gasteiger partial charge in [-0.3, -0.25) is 9.80 Å². The number of piperazine rings is 2. The van der Waals surface area contributed by atoms with Crippen molar-refractivity contribution >= 4 is 31.8 Å². The molecule has 4 heterocycles. The molecule has 2 saturated heterocycles. The average Bonchev–Trinajstić information content (AvgIpc) is 3.37. The van der Waals surface area contributed by atoms with Crippen molar-refractivity contribution in [1.29, 1.82) is 0 Å². The second-order valence-electron chi connectivity index (χ2n) is 9.50. The Morgan fingerprint density at radius 1 is 0.651 bits per heavy atom. The molecule has 4 aliphatic rings. The minimum absolute atomic E-state index is 0. The van der Waals surface area contributed by atoms with Crippen LogP contribution >= 0.6 is 0 Å². The van der Waals surface area contributed by atoms with Gasteiger partial charge >= 0.3 is 16.8 Å². The Hall–Kier alpha value is -2.45. The second-order valence-corrected chi connectivity index (χ2v) is 12.6. The molecule has 1 radical (unpaired) electrons. The van der Waals surface area contributed by atoms with E-state index in [4.69, 9.17) is 11.5 Å². The quantitative estimate of drug-likeness (QED) is 0.249. The minimum Gasteiger partial charge on any atom is -0.858 e. The fourth-order valence-corrected chi connectivity index (χ4v) is 6.58. The van der Waals surface area contributed by atoms with Crippen LogP contribution in [0.3, 0.4) is 0 Å². The Balaban J connectivity index is 0.000000201. The summed E-state index contributed by atoms with van der Waals surface area (Å²) in [6.07, 6.45) is 0. The maximum absolute atomic E-state index is 11.1. The van der Waals surface area contributed by atoms with E-state index in [1.54, 1.807) is 24.3 Å². The van der Waals surface area contributed by atoms with Gasteiger partial charge in [0.25, 0.3) is 20.0 Å². The summed E-state index contributed by atoms with van der Waals surface area (Å²) in [5.41, 5.74) is 11.1. The molecule has 0 atom stereocenters. The van der Waals surface area contributed by atoms with E-state index in [0.29, 0.717) is 0 Å². The summed E-state index contributed by atoms with van der Waals surface area (Å²) >= 11 is 0. The van der Waals surface area contributed by atoms with E-state index in [1.807, 2.05) is 0 Å². The van der Waals surface area contributed by atoms with E-state index >= 15 is 0 Å². The van der Waals surface area contributed by atoms with Crippen LogP contribution in [0.15, 0.2) is 67.1 Å². The van der Waals surface area contributed by atoms with Gasteiger partial charge in [0, 0.05) is 101 Å². The van der Waals surface area contributed by atoms with Crippen LogP contribution in [0.2, 0.25) is 0 Å². The molecule has 6 rings (SSSR count). The van der Waals surface area contributed by atoms with Crippen LogP contribution in [0.25, 0.3) is 0 Å². The van der Waals surface area contributed by atoms with Gasteiger partial charge in [-0.25, -0.2) is 0 Å². The zero-order valence-corrected chi connectivity index (χ0v) is 26.3. The molecule has 239 valence electrons. The SMILES string of the molecule is NCCN1CCNCC1.NCCN1CCNCC1.O=S1(=O)N=C([O-])c2ccccc21.O=S1(=O)N=C([O-])c2ccccc21.[Co+2]. The summed E-state index contributed by atoms with van der Waals surface area (Å²) in [5.74, 6) is -1.35. The molecular formula is C26H38CoN8O6S2. The van der Waals surface area contributed by atoms with Crippen molar-refractivity contribution in [2.45, 2.75) is 9.79 Å². The summed E-state index contributed by atoms with van der Waals surface area (Å²) < 4.78 is 50.3. The monoisotopic (exact) mass is 681 g/mol. The first-order chi connectivity index (χ1) is 20.1. The van der Waals surface area contributed by atoms with Crippen molar-refractivity contribution in [3.63, 3.8) is 0 Å². The zero-order chi connectivity index (χ0) is 30.6. The standard InChI is InChI=1S/2C7H5NO3S.2C6H15N3.Co/c2*9-7-5-3-1-2-4-6(5)12(10,11)8-7;2*7-1-4-9-5-2-8-3-6-9;/h2*1-4H,(H,8,9);2*8H,1-7H2;/q;;;;+2/p-2. The second kappa shape index (κ2) is 17.7. The number of nitrogens with one attached hydrogen (secondary N) is 2. The van der Waals surface area contributed by atoms with Crippen LogP contribution in [-0.4, -0.2) is 117 Å². The van der Waals surface area contributed by atoms with Crippen LogP contribution in [0.5, 0.6) is 0 Å². The molecule has 43 heavy (non-hydrogen) atoms. The molecule has 2 aromatic rings. The van der Waals surface area contributed by atoms with Crippen LogP contribution in [0.1, 0.15) is 11.1 Å². The van der Waals surface area contributed by atoms with Gasteiger partial charge in [-0.2, -0.15) is 25.6 Å². The molecule has 0 aliphatic carbocycles. The zero-order valence-electron chi connectivity index (χ0n) is 23.6. The van der Waals surface area contributed by atoms with E-state index in [0.717, 1.165) is 78.5 Å². The van der Waals surface area contributed by atoms with Crippen molar-refractivity contribution in [3.05, 3.63) is 59.7 Å². The maximum Gasteiger partial charge on any atom is 2.00 e. The number of fused-ring (bicyclic) bond motifs is 2. The van der Waals surface area contributed by atoms with Gasteiger partial charge in [0.1, 0.15) is 0 Å².